The molecule has 0 radical (unpaired) electrons. The van der Waals surface area contributed by atoms with E-state index in [1.54, 1.807) is 12.3 Å². The molecule has 1 atom stereocenters. The smallest absolute Gasteiger partial charge is 0.251 e. The summed E-state index contributed by atoms with van der Waals surface area (Å²) in [5.74, 6) is 1.52. The van der Waals surface area contributed by atoms with Crippen molar-refractivity contribution in [3.63, 3.8) is 0 Å². The number of nitrogens with one attached hydrogen (secondary N) is 1. The number of hydrogen-bond donors (Lipinski definition) is 1. The van der Waals surface area contributed by atoms with Gasteiger partial charge in [0.2, 0.25) is 0 Å². The van der Waals surface area contributed by atoms with Gasteiger partial charge in [0.1, 0.15) is 5.75 Å². The van der Waals surface area contributed by atoms with E-state index in [0.717, 1.165) is 55.7 Å². The SMILES string of the molecule is O=C(NC1CC1)c1ccnc(CC2CCOc3ccccc3C2)c1. The summed E-state index contributed by atoms with van der Waals surface area (Å²) in [4.78, 5) is 16.7. The number of nitrogens with zero attached hydrogens (tertiary/aromatic N) is 1. The van der Waals surface area contributed by atoms with Gasteiger partial charge in [0.15, 0.2) is 0 Å². The first-order valence-corrected chi connectivity index (χ1v) is 8.74. The van der Waals surface area contributed by atoms with E-state index in [-0.39, 0.29) is 5.91 Å². The molecular formula is C20H22N2O2. The van der Waals surface area contributed by atoms with Gasteiger partial charge < -0.3 is 10.1 Å². The topological polar surface area (TPSA) is 51.2 Å². The summed E-state index contributed by atoms with van der Waals surface area (Å²) in [5, 5.41) is 3.04. The number of carbonyl (C=O) groups excluding carboxylic acids is 1. The Hall–Kier alpha value is -2.36. The van der Waals surface area contributed by atoms with Gasteiger partial charge in [-0.05, 0) is 61.8 Å². The van der Waals surface area contributed by atoms with Crippen LogP contribution in [-0.2, 0) is 12.8 Å². The lowest BCUT2D eigenvalue weighted by atomic mass is 9.92. The predicted octanol–water partition coefficient (Wildman–Crippen LogP) is 3.16. The number of carbonyl (C=O) groups is 1. The molecule has 1 N–H and O–H groups in total. The van der Waals surface area contributed by atoms with Crippen molar-refractivity contribution in [2.45, 2.75) is 38.1 Å². The number of ether oxygens (including phenoxy) is 1. The van der Waals surface area contributed by atoms with E-state index in [1.807, 2.05) is 18.2 Å². The van der Waals surface area contributed by atoms with Gasteiger partial charge in [-0.1, -0.05) is 18.2 Å². The molecule has 4 rings (SSSR count). The normalized spacial score (nSPS) is 19.8. The molecule has 4 nitrogen and oxygen atoms in total. The average Bonchev–Trinajstić information content (AvgIpc) is 3.41. The minimum atomic E-state index is 0.0238. The lowest BCUT2D eigenvalue weighted by molar-refractivity contribution is 0.0951. The molecule has 4 heteroatoms. The van der Waals surface area contributed by atoms with Crippen LogP contribution >= 0.6 is 0 Å². The molecule has 24 heavy (non-hydrogen) atoms. The van der Waals surface area contributed by atoms with E-state index >= 15 is 0 Å². The lowest BCUT2D eigenvalue weighted by Crippen LogP contribution is -2.25. The van der Waals surface area contributed by atoms with Gasteiger partial charge in [-0.3, -0.25) is 9.78 Å². The van der Waals surface area contributed by atoms with Crippen molar-refractivity contribution >= 4 is 5.91 Å². The van der Waals surface area contributed by atoms with Gasteiger partial charge in [-0.2, -0.15) is 0 Å². The standard InChI is InChI=1S/C20H22N2O2/c23-20(22-17-5-6-17)16-7-9-21-18(13-16)12-14-8-10-24-19-4-2-1-3-15(19)11-14/h1-4,7,9,13-14,17H,5-6,8,10-12H2,(H,22,23). The number of aromatic nitrogens is 1. The van der Waals surface area contributed by atoms with Crippen molar-refractivity contribution in [2.75, 3.05) is 6.61 Å². The molecule has 0 spiro atoms. The summed E-state index contributed by atoms with van der Waals surface area (Å²) < 4.78 is 5.84. The molecule has 124 valence electrons. The third kappa shape index (κ3) is 3.58. The Bertz CT molecular complexity index is 740. The molecule has 0 bridgehead atoms. The first-order chi connectivity index (χ1) is 11.8. The summed E-state index contributed by atoms with van der Waals surface area (Å²) >= 11 is 0. The molecule has 1 aromatic carbocycles. The molecule has 2 heterocycles. The first kappa shape index (κ1) is 15.2. The minimum Gasteiger partial charge on any atom is -0.493 e. The van der Waals surface area contributed by atoms with Crippen molar-refractivity contribution in [3.8, 4) is 5.75 Å². The zero-order chi connectivity index (χ0) is 16.4. The van der Waals surface area contributed by atoms with E-state index in [0.29, 0.717) is 12.0 Å². The van der Waals surface area contributed by atoms with Crippen LogP contribution < -0.4 is 10.1 Å². The van der Waals surface area contributed by atoms with E-state index in [9.17, 15) is 4.79 Å². The second kappa shape index (κ2) is 6.63. The van der Waals surface area contributed by atoms with Crippen LogP contribution in [0.3, 0.4) is 0 Å². The Kier molecular flexibility index (Phi) is 4.20. The number of amides is 1. The number of hydrogen-bond acceptors (Lipinski definition) is 3. The summed E-state index contributed by atoms with van der Waals surface area (Å²) in [5.41, 5.74) is 2.97. The van der Waals surface area contributed by atoms with Crippen LogP contribution in [0.5, 0.6) is 5.75 Å². The highest BCUT2D eigenvalue weighted by atomic mass is 16.5. The largest absolute Gasteiger partial charge is 0.493 e. The molecule has 1 aliphatic heterocycles. The zero-order valence-corrected chi connectivity index (χ0v) is 13.7. The van der Waals surface area contributed by atoms with Crippen molar-refractivity contribution in [1.29, 1.82) is 0 Å². The quantitative estimate of drug-likeness (QED) is 0.941. The van der Waals surface area contributed by atoms with Crippen molar-refractivity contribution in [1.82, 2.24) is 10.3 Å². The van der Waals surface area contributed by atoms with E-state index in [2.05, 4.69) is 22.4 Å². The van der Waals surface area contributed by atoms with Crippen LogP contribution in [0, 0.1) is 5.92 Å². The summed E-state index contributed by atoms with van der Waals surface area (Å²) in [7, 11) is 0. The van der Waals surface area contributed by atoms with Gasteiger partial charge in [-0.25, -0.2) is 0 Å². The number of benzene rings is 1. The third-order valence-electron chi connectivity index (χ3n) is 4.75. The third-order valence-corrected chi connectivity index (χ3v) is 4.75. The zero-order valence-electron chi connectivity index (χ0n) is 13.7. The molecule has 1 unspecified atom stereocenters. The van der Waals surface area contributed by atoms with E-state index in [4.69, 9.17) is 4.74 Å². The van der Waals surface area contributed by atoms with Gasteiger partial charge in [0.05, 0.1) is 6.61 Å². The van der Waals surface area contributed by atoms with Crippen LogP contribution in [0.15, 0.2) is 42.6 Å². The predicted molar refractivity (Wildman–Crippen MR) is 92.2 cm³/mol. The highest BCUT2D eigenvalue weighted by molar-refractivity contribution is 5.94. The second-order valence-corrected chi connectivity index (χ2v) is 6.80. The Balaban J connectivity index is 1.46. The van der Waals surface area contributed by atoms with Crippen LogP contribution in [-0.4, -0.2) is 23.5 Å². The van der Waals surface area contributed by atoms with Crippen molar-refractivity contribution in [2.24, 2.45) is 5.92 Å². The van der Waals surface area contributed by atoms with Crippen LogP contribution in [0.4, 0.5) is 0 Å². The van der Waals surface area contributed by atoms with Crippen molar-refractivity contribution in [3.05, 3.63) is 59.4 Å². The number of rotatable bonds is 4. The molecular weight excluding hydrogens is 300 g/mol. The first-order valence-electron chi connectivity index (χ1n) is 8.74. The van der Waals surface area contributed by atoms with E-state index < -0.39 is 0 Å². The van der Waals surface area contributed by atoms with Crippen molar-refractivity contribution < 1.29 is 9.53 Å². The van der Waals surface area contributed by atoms with Crippen LogP contribution in [0.2, 0.25) is 0 Å². The molecule has 0 saturated heterocycles. The molecule has 2 aliphatic rings. The Morgan fingerprint density at radius 3 is 2.96 bits per heavy atom. The fraction of sp³-hybridized carbons (Fsp3) is 0.400. The van der Waals surface area contributed by atoms with Gasteiger partial charge in [-0.15, -0.1) is 0 Å². The minimum absolute atomic E-state index is 0.0238. The van der Waals surface area contributed by atoms with Crippen LogP contribution in [0.25, 0.3) is 0 Å². The summed E-state index contributed by atoms with van der Waals surface area (Å²) in [6.07, 6.45) is 6.84. The molecule has 2 aromatic rings. The van der Waals surface area contributed by atoms with Crippen LogP contribution in [0.1, 0.15) is 40.9 Å². The number of para-hydroxylation sites is 1. The number of pyridine rings is 1. The Morgan fingerprint density at radius 2 is 2.08 bits per heavy atom. The maximum Gasteiger partial charge on any atom is 0.251 e. The monoisotopic (exact) mass is 322 g/mol. The summed E-state index contributed by atoms with van der Waals surface area (Å²) in [6, 6.07) is 12.4. The molecule has 1 aromatic heterocycles. The van der Waals surface area contributed by atoms with Gasteiger partial charge >= 0.3 is 0 Å². The maximum atomic E-state index is 12.2. The lowest BCUT2D eigenvalue weighted by Gasteiger charge is -2.13. The number of fused-ring (bicyclic) bond motifs is 1. The molecule has 1 amide bonds. The molecule has 1 fully saturated rings. The molecule has 1 saturated carbocycles. The average molecular weight is 322 g/mol. The Morgan fingerprint density at radius 1 is 1.21 bits per heavy atom. The highest BCUT2D eigenvalue weighted by Crippen LogP contribution is 2.28. The highest BCUT2D eigenvalue weighted by Gasteiger charge is 2.24. The fourth-order valence-electron chi connectivity index (χ4n) is 3.26. The summed E-state index contributed by atoms with van der Waals surface area (Å²) in [6.45, 7) is 0.740. The van der Waals surface area contributed by atoms with Gasteiger partial charge in [0, 0.05) is 23.5 Å². The van der Waals surface area contributed by atoms with Gasteiger partial charge in [0.25, 0.3) is 5.91 Å². The second-order valence-electron chi connectivity index (χ2n) is 6.80. The molecule has 1 aliphatic carbocycles. The fourth-order valence-corrected chi connectivity index (χ4v) is 3.26. The maximum absolute atomic E-state index is 12.2. The van der Waals surface area contributed by atoms with E-state index in [1.165, 1.54) is 5.56 Å². The Labute approximate surface area is 142 Å².